The molecule has 4 heteroatoms. The Balaban J connectivity index is 1.87. The Morgan fingerprint density at radius 2 is 2.00 bits per heavy atom. The van der Waals surface area contributed by atoms with Crippen molar-refractivity contribution in [2.75, 3.05) is 7.11 Å². The summed E-state index contributed by atoms with van der Waals surface area (Å²) >= 11 is 0. The second-order valence-electron chi connectivity index (χ2n) is 7.05. The van der Waals surface area contributed by atoms with Gasteiger partial charge in [-0.2, -0.15) is 0 Å². The Morgan fingerprint density at radius 1 is 1.26 bits per heavy atom. The van der Waals surface area contributed by atoms with Crippen LogP contribution in [-0.2, 0) is 10.2 Å². The largest absolute Gasteiger partial charge is 0.497 e. The van der Waals surface area contributed by atoms with E-state index in [2.05, 4.69) is 10.3 Å². The van der Waals surface area contributed by atoms with Gasteiger partial charge < -0.3 is 15.0 Å². The number of carbonyl (C=O) groups excluding carboxylic acids is 1. The first kappa shape index (κ1) is 15.9. The molecule has 0 aliphatic heterocycles. The van der Waals surface area contributed by atoms with Crippen LogP contribution in [0.1, 0.15) is 51.5 Å². The number of nitrogens with one attached hydrogen (secondary N) is 2. The number of methoxy groups -OCH3 is 1. The molecular formula is C19H26N2O2. The Labute approximate surface area is 137 Å². The van der Waals surface area contributed by atoms with Gasteiger partial charge >= 0.3 is 0 Å². The van der Waals surface area contributed by atoms with Crippen molar-refractivity contribution in [1.82, 2.24) is 10.3 Å². The number of hydrogen-bond acceptors (Lipinski definition) is 2. The van der Waals surface area contributed by atoms with Crippen molar-refractivity contribution >= 4 is 16.8 Å². The third-order valence-corrected chi connectivity index (χ3v) is 5.07. The number of hydrogen-bond donors (Lipinski definition) is 2. The van der Waals surface area contributed by atoms with E-state index in [0.29, 0.717) is 6.04 Å². The van der Waals surface area contributed by atoms with Crippen LogP contribution in [-0.4, -0.2) is 24.0 Å². The number of benzene rings is 1. The summed E-state index contributed by atoms with van der Waals surface area (Å²) in [5.41, 5.74) is 1.46. The standard InChI is InChI=1S/C19H26N2O2/c1-19(2,18(22)21-13-7-5-4-6-8-13)16-12-20-17-10-9-14(23-3)11-15(16)17/h9-13,20H,4-8H2,1-3H3,(H,21,22). The van der Waals surface area contributed by atoms with Gasteiger partial charge in [0, 0.05) is 23.1 Å². The van der Waals surface area contributed by atoms with Crippen LogP contribution in [0.3, 0.4) is 0 Å². The molecule has 0 unspecified atom stereocenters. The van der Waals surface area contributed by atoms with Gasteiger partial charge in [0.25, 0.3) is 0 Å². The molecule has 2 N–H and O–H groups in total. The summed E-state index contributed by atoms with van der Waals surface area (Å²) in [5, 5.41) is 4.31. The maximum Gasteiger partial charge on any atom is 0.230 e. The second-order valence-corrected chi connectivity index (χ2v) is 7.05. The van der Waals surface area contributed by atoms with E-state index in [1.54, 1.807) is 7.11 Å². The summed E-state index contributed by atoms with van der Waals surface area (Å²) in [7, 11) is 1.66. The summed E-state index contributed by atoms with van der Waals surface area (Å²) in [5.74, 6) is 0.912. The molecule has 1 saturated carbocycles. The zero-order chi connectivity index (χ0) is 16.4. The highest BCUT2D eigenvalue weighted by molar-refractivity contribution is 5.95. The molecular weight excluding hydrogens is 288 g/mol. The molecule has 1 fully saturated rings. The Bertz CT molecular complexity index is 696. The minimum Gasteiger partial charge on any atom is -0.497 e. The summed E-state index contributed by atoms with van der Waals surface area (Å²) in [6, 6.07) is 6.25. The zero-order valence-electron chi connectivity index (χ0n) is 14.2. The molecule has 0 bridgehead atoms. The molecule has 1 aromatic carbocycles. The number of H-pyrrole nitrogens is 1. The van der Waals surface area contributed by atoms with Gasteiger partial charge in [0.1, 0.15) is 5.75 Å². The van der Waals surface area contributed by atoms with Crippen molar-refractivity contribution in [2.45, 2.75) is 57.4 Å². The summed E-state index contributed by atoms with van der Waals surface area (Å²) in [6.07, 6.45) is 7.88. The van der Waals surface area contributed by atoms with Gasteiger partial charge in [-0.15, -0.1) is 0 Å². The first-order chi connectivity index (χ1) is 11.0. The lowest BCUT2D eigenvalue weighted by atomic mass is 9.82. The number of aromatic nitrogens is 1. The molecule has 1 aromatic heterocycles. The van der Waals surface area contributed by atoms with Gasteiger partial charge in [-0.1, -0.05) is 19.3 Å². The number of ether oxygens (including phenoxy) is 1. The lowest BCUT2D eigenvalue weighted by Crippen LogP contribution is -2.45. The minimum atomic E-state index is -0.581. The molecule has 4 nitrogen and oxygen atoms in total. The molecule has 1 aliphatic carbocycles. The number of amides is 1. The van der Waals surface area contributed by atoms with Gasteiger partial charge in [-0.3, -0.25) is 4.79 Å². The summed E-state index contributed by atoms with van der Waals surface area (Å²) in [4.78, 5) is 16.1. The van der Waals surface area contributed by atoms with Gasteiger partial charge in [-0.25, -0.2) is 0 Å². The highest BCUT2D eigenvalue weighted by atomic mass is 16.5. The van der Waals surface area contributed by atoms with Crippen LogP contribution >= 0.6 is 0 Å². The monoisotopic (exact) mass is 314 g/mol. The van der Waals surface area contributed by atoms with Crippen LogP contribution in [0, 0.1) is 0 Å². The van der Waals surface area contributed by atoms with Gasteiger partial charge in [0.15, 0.2) is 0 Å². The number of fused-ring (bicyclic) bond motifs is 1. The van der Waals surface area contributed by atoms with E-state index < -0.39 is 5.41 Å². The number of carbonyl (C=O) groups is 1. The fourth-order valence-electron chi connectivity index (χ4n) is 3.48. The van der Waals surface area contributed by atoms with Crippen molar-refractivity contribution in [3.8, 4) is 5.75 Å². The molecule has 0 radical (unpaired) electrons. The lowest BCUT2D eigenvalue weighted by Gasteiger charge is -2.29. The average Bonchev–Trinajstić information content (AvgIpc) is 2.99. The van der Waals surface area contributed by atoms with E-state index in [1.807, 2.05) is 38.2 Å². The average molecular weight is 314 g/mol. The minimum absolute atomic E-state index is 0.105. The summed E-state index contributed by atoms with van der Waals surface area (Å²) < 4.78 is 5.33. The van der Waals surface area contributed by atoms with E-state index >= 15 is 0 Å². The second kappa shape index (κ2) is 6.26. The molecule has 1 amide bonds. The van der Waals surface area contributed by atoms with Crippen molar-refractivity contribution in [2.24, 2.45) is 0 Å². The van der Waals surface area contributed by atoms with E-state index in [1.165, 1.54) is 19.3 Å². The lowest BCUT2D eigenvalue weighted by molar-refractivity contribution is -0.126. The van der Waals surface area contributed by atoms with E-state index in [0.717, 1.165) is 35.1 Å². The molecule has 23 heavy (non-hydrogen) atoms. The smallest absolute Gasteiger partial charge is 0.230 e. The van der Waals surface area contributed by atoms with Crippen LogP contribution in [0.15, 0.2) is 24.4 Å². The van der Waals surface area contributed by atoms with Crippen LogP contribution in [0.25, 0.3) is 10.9 Å². The molecule has 0 atom stereocenters. The van der Waals surface area contributed by atoms with E-state index in [9.17, 15) is 4.79 Å². The quantitative estimate of drug-likeness (QED) is 0.899. The van der Waals surface area contributed by atoms with E-state index in [4.69, 9.17) is 4.74 Å². The number of rotatable bonds is 4. The van der Waals surface area contributed by atoms with Gasteiger partial charge in [0.05, 0.1) is 12.5 Å². The Morgan fingerprint density at radius 3 is 2.70 bits per heavy atom. The van der Waals surface area contributed by atoms with Crippen LogP contribution in [0.2, 0.25) is 0 Å². The summed E-state index contributed by atoms with van der Waals surface area (Å²) in [6.45, 7) is 3.99. The van der Waals surface area contributed by atoms with Crippen LogP contribution in [0.5, 0.6) is 5.75 Å². The van der Waals surface area contributed by atoms with E-state index in [-0.39, 0.29) is 5.91 Å². The molecule has 1 aliphatic rings. The van der Waals surface area contributed by atoms with Gasteiger partial charge in [-0.05, 0) is 50.5 Å². The fourth-order valence-corrected chi connectivity index (χ4v) is 3.48. The first-order valence-corrected chi connectivity index (χ1v) is 8.49. The van der Waals surface area contributed by atoms with Crippen LogP contribution < -0.4 is 10.1 Å². The first-order valence-electron chi connectivity index (χ1n) is 8.49. The van der Waals surface area contributed by atoms with Crippen LogP contribution in [0.4, 0.5) is 0 Å². The van der Waals surface area contributed by atoms with Gasteiger partial charge in [0.2, 0.25) is 5.91 Å². The van der Waals surface area contributed by atoms with Crippen molar-refractivity contribution < 1.29 is 9.53 Å². The van der Waals surface area contributed by atoms with Crippen molar-refractivity contribution in [3.63, 3.8) is 0 Å². The molecule has 124 valence electrons. The van der Waals surface area contributed by atoms with Crippen molar-refractivity contribution in [3.05, 3.63) is 30.0 Å². The molecule has 0 saturated heterocycles. The SMILES string of the molecule is COc1ccc2[nH]cc(C(C)(C)C(=O)NC3CCCCC3)c2c1. The third-order valence-electron chi connectivity index (χ3n) is 5.07. The topological polar surface area (TPSA) is 54.1 Å². The molecule has 2 aromatic rings. The molecule has 1 heterocycles. The molecule has 3 rings (SSSR count). The zero-order valence-corrected chi connectivity index (χ0v) is 14.2. The maximum absolute atomic E-state index is 12.9. The normalized spacial score (nSPS) is 16.5. The fraction of sp³-hybridized carbons (Fsp3) is 0.526. The van der Waals surface area contributed by atoms with Crippen molar-refractivity contribution in [1.29, 1.82) is 0 Å². The Kier molecular flexibility index (Phi) is 4.33. The third kappa shape index (κ3) is 3.07. The highest BCUT2D eigenvalue weighted by Crippen LogP contribution is 2.33. The highest BCUT2D eigenvalue weighted by Gasteiger charge is 2.33. The predicted octanol–water partition coefficient (Wildman–Crippen LogP) is 3.90. The predicted molar refractivity (Wildman–Crippen MR) is 92.9 cm³/mol. The maximum atomic E-state index is 12.9. The number of aromatic amines is 1. The molecule has 0 spiro atoms. The Hall–Kier alpha value is -1.97.